The van der Waals surface area contributed by atoms with E-state index in [0.29, 0.717) is 45.2 Å². The molecule has 0 amide bonds. The fourth-order valence-corrected chi connectivity index (χ4v) is 9.14. The molecule has 0 heterocycles. The molecule has 0 saturated heterocycles. The van der Waals surface area contributed by atoms with E-state index in [1.165, 1.54) is 56.2 Å². The fourth-order valence-electron chi connectivity index (χ4n) is 9.14. The van der Waals surface area contributed by atoms with E-state index >= 15 is 0 Å². The summed E-state index contributed by atoms with van der Waals surface area (Å²) in [5.41, 5.74) is 16.3. The lowest BCUT2D eigenvalue weighted by molar-refractivity contribution is -0.109. The van der Waals surface area contributed by atoms with Crippen LogP contribution in [0.4, 0.5) is 11.4 Å². The van der Waals surface area contributed by atoms with E-state index in [1.54, 1.807) is 24.3 Å². The highest BCUT2D eigenvalue weighted by Gasteiger charge is 2.60. The van der Waals surface area contributed by atoms with Gasteiger partial charge in [0.05, 0.1) is 11.4 Å². The lowest BCUT2D eigenvalue weighted by Crippen LogP contribution is -2.56. The van der Waals surface area contributed by atoms with Crippen LogP contribution in [0, 0.1) is 16.7 Å². The first-order chi connectivity index (χ1) is 20.0. The van der Waals surface area contributed by atoms with Gasteiger partial charge in [-0.15, -0.1) is 0 Å². The molecule has 4 aliphatic carbocycles. The summed E-state index contributed by atoms with van der Waals surface area (Å²) in [6.45, 7) is 5.00. The van der Waals surface area contributed by atoms with Crippen LogP contribution < -0.4 is 20.9 Å². The summed E-state index contributed by atoms with van der Waals surface area (Å²) in [5.74, 6) is 2.98. The number of ether oxygens (including phenoxy) is 2. The Balaban J connectivity index is 1.35. The topological polar surface area (TPSA) is 111 Å². The standard InChI is InChI=1S/C36H38N2O4/c1-34-16-22-17-35(2,19-34)21-36(18-22,20-34)23-7-12-33(42-25-9-11-29(38)31(40)15-25)27(13-23)26-5-3-4-6-32(26)41-24-8-10-28(37)30(39)14-24/h3-15,22,39-40H,16-21,37-38H2,1-2H3. The van der Waals surface area contributed by atoms with Gasteiger partial charge in [-0.1, -0.05) is 38.1 Å². The molecule has 0 spiro atoms. The summed E-state index contributed by atoms with van der Waals surface area (Å²) < 4.78 is 12.8. The molecule has 4 saturated carbocycles. The van der Waals surface area contributed by atoms with Crippen molar-refractivity contribution < 1.29 is 19.7 Å². The van der Waals surface area contributed by atoms with Crippen LogP contribution in [0.25, 0.3) is 11.1 Å². The highest BCUT2D eigenvalue weighted by molar-refractivity contribution is 5.78. The third-order valence-corrected chi connectivity index (χ3v) is 9.85. The van der Waals surface area contributed by atoms with Crippen LogP contribution in [-0.4, -0.2) is 10.2 Å². The van der Waals surface area contributed by atoms with Crippen LogP contribution in [0.2, 0.25) is 0 Å². The first-order valence-corrected chi connectivity index (χ1v) is 14.8. The van der Waals surface area contributed by atoms with Gasteiger partial charge in [0.2, 0.25) is 0 Å². The van der Waals surface area contributed by atoms with Crippen molar-refractivity contribution in [1.29, 1.82) is 0 Å². The molecule has 0 aromatic heterocycles. The number of nitrogens with two attached hydrogens (primary N) is 2. The average molecular weight is 563 g/mol. The molecule has 4 bridgehead atoms. The van der Waals surface area contributed by atoms with Crippen molar-refractivity contribution in [1.82, 2.24) is 0 Å². The van der Waals surface area contributed by atoms with Crippen LogP contribution in [0.5, 0.6) is 34.5 Å². The molecule has 6 nitrogen and oxygen atoms in total. The molecule has 0 aliphatic heterocycles. The van der Waals surface area contributed by atoms with Gasteiger partial charge in [0.1, 0.15) is 34.5 Å². The normalized spacial score (nSPS) is 27.6. The van der Waals surface area contributed by atoms with Gasteiger partial charge in [0, 0.05) is 23.3 Å². The van der Waals surface area contributed by atoms with Crippen molar-refractivity contribution in [2.75, 3.05) is 11.5 Å². The van der Waals surface area contributed by atoms with Gasteiger partial charge in [-0.05, 0) is 109 Å². The number of nitrogen functional groups attached to an aromatic ring is 2. The van der Waals surface area contributed by atoms with Crippen LogP contribution in [0.1, 0.15) is 57.9 Å². The fraction of sp³-hybridized carbons (Fsp3) is 0.333. The second kappa shape index (κ2) is 9.35. The third kappa shape index (κ3) is 4.59. The summed E-state index contributed by atoms with van der Waals surface area (Å²) in [7, 11) is 0. The number of para-hydroxylation sites is 1. The zero-order chi connectivity index (χ0) is 29.3. The number of rotatable bonds is 6. The number of hydrogen-bond donors (Lipinski definition) is 4. The summed E-state index contributed by atoms with van der Waals surface area (Å²) in [4.78, 5) is 0. The number of phenolic OH excluding ortho intramolecular Hbond substituents is 2. The summed E-state index contributed by atoms with van der Waals surface area (Å²) >= 11 is 0. The third-order valence-electron chi connectivity index (χ3n) is 9.85. The molecule has 2 unspecified atom stereocenters. The van der Waals surface area contributed by atoms with E-state index < -0.39 is 0 Å². The predicted octanol–water partition coefficient (Wildman–Crippen LogP) is 8.76. The van der Waals surface area contributed by atoms with Gasteiger partial charge in [0.25, 0.3) is 0 Å². The Hall–Kier alpha value is -4.32. The van der Waals surface area contributed by atoms with Crippen LogP contribution >= 0.6 is 0 Å². The number of hydrogen-bond acceptors (Lipinski definition) is 6. The monoisotopic (exact) mass is 562 g/mol. The van der Waals surface area contributed by atoms with Gasteiger partial charge >= 0.3 is 0 Å². The molecule has 6 N–H and O–H groups in total. The molecule has 8 rings (SSSR count). The van der Waals surface area contributed by atoms with E-state index in [4.69, 9.17) is 20.9 Å². The molecule has 42 heavy (non-hydrogen) atoms. The van der Waals surface area contributed by atoms with E-state index in [2.05, 4.69) is 32.0 Å². The van der Waals surface area contributed by atoms with Gasteiger partial charge in [-0.2, -0.15) is 0 Å². The molecule has 2 atom stereocenters. The average Bonchev–Trinajstić information content (AvgIpc) is 2.91. The Morgan fingerprint density at radius 2 is 1.21 bits per heavy atom. The summed E-state index contributed by atoms with van der Waals surface area (Å²) in [5, 5.41) is 20.4. The smallest absolute Gasteiger partial charge is 0.142 e. The maximum Gasteiger partial charge on any atom is 0.142 e. The molecule has 4 aliphatic rings. The largest absolute Gasteiger partial charge is 0.506 e. The number of aromatic hydroxyl groups is 2. The number of anilines is 2. The number of phenols is 2. The second-order valence-corrected chi connectivity index (χ2v) is 13.8. The lowest BCUT2D eigenvalue weighted by Gasteiger charge is -2.65. The minimum absolute atomic E-state index is 0.0207. The maximum atomic E-state index is 10.2. The highest BCUT2D eigenvalue weighted by Crippen LogP contribution is 2.70. The number of benzene rings is 4. The molecule has 4 aromatic carbocycles. The Morgan fingerprint density at radius 1 is 0.643 bits per heavy atom. The Kier molecular flexibility index (Phi) is 5.91. The maximum absolute atomic E-state index is 10.2. The Bertz CT molecular complexity index is 1680. The van der Waals surface area contributed by atoms with Crippen LogP contribution in [0.15, 0.2) is 78.9 Å². The van der Waals surface area contributed by atoms with Crippen molar-refractivity contribution in [3.63, 3.8) is 0 Å². The van der Waals surface area contributed by atoms with E-state index in [1.807, 2.05) is 24.3 Å². The van der Waals surface area contributed by atoms with E-state index in [0.717, 1.165) is 17.0 Å². The summed E-state index contributed by atoms with van der Waals surface area (Å²) in [6.07, 6.45) is 7.64. The quantitative estimate of drug-likeness (QED) is 0.138. The molecule has 4 aromatic rings. The summed E-state index contributed by atoms with van der Waals surface area (Å²) in [6, 6.07) is 24.3. The predicted molar refractivity (Wildman–Crippen MR) is 166 cm³/mol. The first-order valence-electron chi connectivity index (χ1n) is 14.8. The van der Waals surface area contributed by atoms with Crippen LogP contribution in [0.3, 0.4) is 0 Å². The van der Waals surface area contributed by atoms with Crippen molar-refractivity contribution >= 4 is 11.4 Å². The van der Waals surface area contributed by atoms with Crippen molar-refractivity contribution in [3.05, 3.63) is 84.4 Å². The SMILES string of the molecule is CC12CC3CC(C)(C1)CC(c1ccc(Oc4ccc(N)c(O)c4)c(-c4ccccc4Oc4ccc(N)c(O)c4)c1)(C3)C2. The molecule has 216 valence electrons. The van der Waals surface area contributed by atoms with Crippen molar-refractivity contribution in [2.24, 2.45) is 16.7 Å². The zero-order valence-corrected chi connectivity index (χ0v) is 24.2. The molecular weight excluding hydrogens is 524 g/mol. The van der Waals surface area contributed by atoms with Gasteiger partial charge < -0.3 is 31.2 Å². The van der Waals surface area contributed by atoms with E-state index in [-0.39, 0.29) is 16.9 Å². The molecule has 4 fully saturated rings. The molecule has 0 radical (unpaired) electrons. The van der Waals surface area contributed by atoms with Crippen molar-refractivity contribution in [2.45, 2.75) is 57.8 Å². The molecule has 6 heteroatoms. The minimum Gasteiger partial charge on any atom is -0.506 e. The second-order valence-electron chi connectivity index (χ2n) is 13.8. The first kappa shape index (κ1) is 26.6. The van der Waals surface area contributed by atoms with Gasteiger partial charge in [0.15, 0.2) is 0 Å². The Labute approximate surface area is 246 Å². The minimum atomic E-state index is -0.0250. The van der Waals surface area contributed by atoms with Gasteiger partial charge in [-0.25, -0.2) is 0 Å². The van der Waals surface area contributed by atoms with E-state index in [9.17, 15) is 10.2 Å². The Morgan fingerprint density at radius 3 is 1.79 bits per heavy atom. The van der Waals surface area contributed by atoms with Gasteiger partial charge in [-0.3, -0.25) is 0 Å². The van der Waals surface area contributed by atoms with Crippen molar-refractivity contribution in [3.8, 4) is 45.6 Å². The zero-order valence-electron chi connectivity index (χ0n) is 24.2. The molecular formula is C36H38N2O4. The lowest BCUT2D eigenvalue weighted by atomic mass is 9.39. The highest BCUT2D eigenvalue weighted by atomic mass is 16.5. The van der Waals surface area contributed by atoms with Crippen LogP contribution in [-0.2, 0) is 5.41 Å².